The number of carbonyl (C=O) groups excluding carboxylic acids is 1. The molecule has 1 aromatic carbocycles. The van der Waals surface area contributed by atoms with Gasteiger partial charge in [-0.2, -0.15) is 0 Å². The highest BCUT2D eigenvalue weighted by atomic mass is 35.5. The Hall–Kier alpha value is -1.56. The number of nitrogens with zero attached hydrogens (tertiary/aromatic N) is 3. The number of pyridine rings is 1. The molecule has 5 nitrogen and oxygen atoms in total. The van der Waals surface area contributed by atoms with Crippen LogP contribution in [0, 0.1) is 5.92 Å². The lowest BCUT2D eigenvalue weighted by atomic mass is 9.99. The van der Waals surface area contributed by atoms with Crippen molar-refractivity contribution in [2.75, 3.05) is 31.1 Å². The highest BCUT2D eigenvalue weighted by Crippen LogP contribution is 2.27. The van der Waals surface area contributed by atoms with Crippen molar-refractivity contribution in [1.29, 1.82) is 0 Å². The summed E-state index contributed by atoms with van der Waals surface area (Å²) in [6.07, 6.45) is 3.96. The monoisotopic (exact) mass is 410 g/mol. The second-order valence-electron chi connectivity index (χ2n) is 7.29. The summed E-state index contributed by atoms with van der Waals surface area (Å²) in [6.45, 7) is 3.23. The average molecular weight is 411 g/mol. The van der Waals surface area contributed by atoms with Gasteiger partial charge in [0, 0.05) is 44.0 Å². The number of amides is 1. The Morgan fingerprint density at radius 3 is 2.48 bits per heavy atom. The number of hydrogen-bond donors (Lipinski definition) is 1. The molecule has 1 saturated heterocycles. The molecule has 2 N–H and O–H groups in total. The van der Waals surface area contributed by atoms with Gasteiger partial charge < -0.3 is 15.5 Å². The molecule has 7 heteroatoms. The van der Waals surface area contributed by atoms with Gasteiger partial charge in [-0.25, -0.2) is 4.98 Å². The summed E-state index contributed by atoms with van der Waals surface area (Å²) in [5, 5.41) is 1.16. The zero-order valence-electron chi connectivity index (χ0n) is 15.4. The quantitative estimate of drug-likeness (QED) is 0.843. The molecule has 2 aromatic rings. The Labute approximate surface area is 173 Å². The number of piperazine rings is 1. The molecule has 1 aliphatic heterocycles. The van der Waals surface area contributed by atoms with Gasteiger partial charge in [0.05, 0.1) is 5.52 Å². The molecular weight excluding hydrogens is 383 g/mol. The van der Waals surface area contributed by atoms with Gasteiger partial charge in [-0.1, -0.05) is 24.6 Å². The standard InChI is InChI=1S/C20H26N4O.2ClH/c21-17-6-3-5-16(17)14-20(25)24-12-10-23(11-13-24)19-9-8-15-4-1-2-7-18(15)22-19;;/h1-2,4,7-9,16-17H,3,5-6,10-14,21H2;2*1H/t16-,17+;;/m0../s1. The molecule has 0 bridgehead atoms. The number of para-hydroxylation sites is 1. The number of aromatic nitrogens is 1. The lowest BCUT2D eigenvalue weighted by Crippen LogP contribution is -2.49. The van der Waals surface area contributed by atoms with Gasteiger partial charge in [0.2, 0.25) is 5.91 Å². The minimum absolute atomic E-state index is 0. The predicted octanol–water partition coefficient (Wildman–Crippen LogP) is 3.24. The van der Waals surface area contributed by atoms with Crippen LogP contribution >= 0.6 is 24.8 Å². The molecular formula is C20H28Cl2N4O. The zero-order valence-corrected chi connectivity index (χ0v) is 17.1. The van der Waals surface area contributed by atoms with Crippen LogP contribution in [0.25, 0.3) is 10.9 Å². The van der Waals surface area contributed by atoms with E-state index in [4.69, 9.17) is 10.7 Å². The number of rotatable bonds is 3. The van der Waals surface area contributed by atoms with E-state index in [1.165, 1.54) is 6.42 Å². The summed E-state index contributed by atoms with van der Waals surface area (Å²) in [5.74, 6) is 1.66. The highest BCUT2D eigenvalue weighted by molar-refractivity contribution is 5.85. The van der Waals surface area contributed by atoms with E-state index in [2.05, 4.69) is 23.1 Å². The summed E-state index contributed by atoms with van der Waals surface area (Å²) in [4.78, 5) is 21.6. The van der Waals surface area contributed by atoms with Crippen LogP contribution in [-0.2, 0) is 4.79 Å². The zero-order chi connectivity index (χ0) is 17.2. The maximum absolute atomic E-state index is 12.6. The molecule has 0 unspecified atom stereocenters. The first-order valence-electron chi connectivity index (χ1n) is 9.35. The Bertz CT molecular complexity index is 764. The lowest BCUT2D eigenvalue weighted by Gasteiger charge is -2.36. The van der Waals surface area contributed by atoms with Crippen molar-refractivity contribution in [3.05, 3.63) is 36.4 Å². The van der Waals surface area contributed by atoms with E-state index in [1.807, 2.05) is 23.1 Å². The Morgan fingerprint density at radius 2 is 1.78 bits per heavy atom. The predicted molar refractivity (Wildman–Crippen MR) is 115 cm³/mol. The smallest absolute Gasteiger partial charge is 0.223 e. The molecule has 2 atom stereocenters. The molecule has 1 amide bonds. The van der Waals surface area contributed by atoms with E-state index in [0.29, 0.717) is 12.3 Å². The summed E-state index contributed by atoms with van der Waals surface area (Å²) in [6, 6.07) is 12.6. The first-order valence-corrected chi connectivity index (χ1v) is 9.35. The van der Waals surface area contributed by atoms with Crippen LogP contribution in [0.1, 0.15) is 25.7 Å². The number of nitrogens with two attached hydrogens (primary N) is 1. The molecule has 1 aliphatic carbocycles. The van der Waals surface area contributed by atoms with Crippen LogP contribution in [0.2, 0.25) is 0 Å². The first kappa shape index (κ1) is 21.7. The number of carbonyl (C=O) groups is 1. The van der Waals surface area contributed by atoms with Crippen LogP contribution in [-0.4, -0.2) is 48.0 Å². The van der Waals surface area contributed by atoms with Crippen LogP contribution < -0.4 is 10.6 Å². The van der Waals surface area contributed by atoms with Crippen LogP contribution in [0.3, 0.4) is 0 Å². The van der Waals surface area contributed by atoms with E-state index < -0.39 is 0 Å². The van der Waals surface area contributed by atoms with Gasteiger partial charge in [-0.15, -0.1) is 24.8 Å². The molecule has 1 aromatic heterocycles. The van der Waals surface area contributed by atoms with Gasteiger partial charge in [0.25, 0.3) is 0 Å². The maximum Gasteiger partial charge on any atom is 0.223 e. The van der Waals surface area contributed by atoms with E-state index in [1.54, 1.807) is 0 Å². The third kappa shape index (κ3) is 4.84. The fourth-order valence-corrected chi connectivity index (χ4v) is 4.09. The molecule has 2 heterocycles. The number of hydrogen-bond acceptors (Lipinski definition) is 4. The number of benzene rings is 1. The third-order valence-electron chi connectivity index (χ3n) is 5.69. The van der Waals surface area contributed by atoms with Gasteiger partial charge in [-0.3, -0.25) is 4.79 Å². The van der Waals surface area contributed by atoms with Crippen LogP contribution in [0.4, 0.5) is 5.82 Å². The molecule has 0 spiro atoms. The SMILES string of the molecule is Cl.Cl.N[C@@H]1CCC[C@H]1CC(=O)N1CCN(c2ccc3ccccc3n2)CC1. The highest BCUT2D eigenvalue weighted by Gasteiger charge is 2.29. The Kier molecular flexibility index (Phi) is 7.71. The molecule has 2 fully saturated rings. The summed E-state index contributed by atoms with van der Waals surface area (Å²) in [5.41, 5.74) is 7.14. The second kappa shape index (κ2) is 9.58. The number of fused-ring (bicyclic) bond motifs is 1. The fraction of sp³-hybridized carbons (Fsp3) is 0.500. The third-order valence-corrected chi connectivity index (χ3v) is 5.69. The largest absolute Gasteiger partial charge is 0.353 e. The number of halogens is 2. The normalized spacial score (nSPS) is 22.3. The van der Waals surface area contributed by atoms with Crippen LogP contribution in [0.5, 0.6) is 0 Å². The second-order valence-corrected chi connectivity index (χ2v) is 7.29. The van der Waals surface area contributed by atoms with Crippen molar-refractivity contribution in [2.45, 2.75) is 31.7 Å². The van der Waals surface area contributed by atoms with Crippen molar-refractivity contribution in [3.63, 3.8) is 0 Å². The van der Waals surface area contributed by atoms with Gasteiger partial charge >= 0.3 is 0 Å². The van der Waals surface area contributed by atoms with Gasteiger partial charge in [0.1, 0.15) is 5.82 Å². The first-order chi connectivity index (χ1) is 12.2. The van der Waals surface area contributed by atoms with E-state index >= 15 is 0 Å². The van der Waals surface area contributed by atoms with Crippen LogP contribution in [0.15, 0.2) is 36.4 Å². The molecule has 4 rings (SSSR count). The fourth-order valence-electron chi connectivity index (χ4n) is 4.09. The minimum Gasteiger partial charge on any atom is -0.353 e. The van der Waals surface area contributed by atoms with Gasteiger partial charge in [-0.05, 0) is 37.0 Å². The van der Waals surface area contributed by atoms with Crippen molar-refractivity contribution in [1.82, 2.24) is 9.88 Å². The molecule has 1 saturated carbocycles. The van der Waals surface area contributed by atoms with E-state index in [0.717, 1.165) is 55.7 Å². The molecule has 148 valence electrons. The van der Waals surface area contributed by atoms with E-state index in [9.17, 15) is 4.79 Å². The minimum atomic E-state index is 0. The lowest BCUT2D eigenvalue weighted by molar-refractivity contribution is -0.132. The Morgan fingerprint density at radius 1 is 1.04 bits per heavy atom. The van der Waals surface area contributed by atoms with Crippen molar-refractivity contribution >= 4 is 47.4 Å². The average Bonchev–Trinajstić information content (AvgIpc) is 3.06. The molecule has 2 aliphatic rings. The maximum atomic E-state index is 12.6. The topological polar surface area (TPSA) is 62.5 Å². The summed E-state index contributed by atoms with van der Waals surface area (Å²) in [7, 11) is 0. The van der Waals surface area contributed by atoms with Crippen molar-refractivity contribution in [3.8, 4) is 0 Å². The van der Waals surface area contributed by atoms with E-state index in [-0.39, 0.29) is 36.8 Å². The molecule has 27 heavy (non-hydrogen) atoms. The summed E-state index contributed by atoms with van der Waals surface area (Å²) < 4.78 is 0. The molecule has 0 radical (unpaired) electrons. The summed E-state index contributed by atoms with van der Waals surface area (Å²) >= 11 is 0. The Balaban J connectivity index is 0.00000131. The number of anilines is 1. The van der Waals surface area contributed by atoms with Crippen molar-refractivity contribution in [2.24, 2.45) is 11.7 Å². The van der Waals surface area contributed by atoms with Gasteiger partial charge in [0.15, 0.2) is 0 Å². The van der Waals surface area contributed by atoms with Crippen molar-refractivity contribution < 1.29 is 4.79 Å².